The Labute approximate surface area is 94.7 Å². The van der Waals surface area contributed by atoms with Crippen molar-refractivity contribution in [3.05, 3.63) is 29.6 Å². The second-order valence-electron chi connectivity index (χ2n) is 3.08. The Morgan fingerprint density at radius 3 is 2.82 bits per heavy atom. The standard InChI is InChI=1S/C9H10F3N3O2/c10-9(11,12)5-17-15-8(16)6-1-2-14-7(3-6)4-13/h1-3H,4-5,13H2,(H,15,16). The van der Waals surface area contributed by atoms with Crippen molar-refractivity contribution in [1.82, 2.24) is 10.5 Å². The highest BCUT2D eigenvalue weighted by molar-refractivity contribution is 5.93. The Morgan fingerprint density at radius 2 is 2.24 bits per heavy atom. The Kier molecular flexibility index (Phi) is 4.41. The van der Waals surface area contributed by atoms with Gasteiger partial charge in [-0.05, 0) is 12.1 Å². The molecule has 0 aromatic carbocycles. The van der Waals surface area contributed by atoms with E-state index in [9.17, 15) is 18.0 Å². The van der Waals surface area contributed by atoms with Gasteiger partial charge in [-0.3, -0.25) is 14.6 Å². The second-order valence-corrected chi connectivity index (χ2v) is 3.08. The van der Waals surface area contributed by atoms with Crippen molar-refractivity contribution >= 4 is 5.91 Å². The van der Waals surface area contributed by atoms with Gasteiger partial charge in [0.25, 0.3) is 5.91 Å². The molecule has 0 aliphatic rings. The number of hydrogen-bond donors (Lipinski definition) is 2. The summed E-state index contributed by atoms with van der Waals surface area (Å²) in [4.78, 5) is 19.2. The van der Waals surface area contributed by atoms with Crippen molar-refractivity contribution < 1.29 is 22.8 Å². The van der Waals surface area contributed by atoms with Gasteiger partial charge in [0.2, 0.25) is 0 Å². The lowest BCUT2D eigenvalue weighted by Gasteiger charge is -2.08. The topological polar surface area (TPSA) is 77.2 Å². The van der Waals surface area contributed by atoms with Gasteiger partial charge in [0.05, 0.1) is 5.69 Å². The number of carbonyl (C=O) groups excluding carboxylic acids is 1. The molecule has 0 fully saturated rings. The smallest absolute Gasteiger partial charge is 0.325 e. The molecule has 5 nitrogen and oxygen atoms in total. The fourth-order valence-electron chi connectivity index (χ4n) is 0.973. The lowest BCUT2D eigenvalue weighted by Crippen LogP contribution is -2.29. The summed E-state index contributed by atoms with van der Waals surface area (Å²) in [7, 11) is 0. The van der Waals surface area contributed by atoms with Crippen LogP contribution in [0.5, 0.6) is 0 Å². The van der Waals surface area contributed by atoms with Gasteiger partial charge in [0, 0.05) is 18.3 Å². The molecule has 0 aliphatic carbocycles. The summed E-state index contributed by atoms with van der Waals surface area (Å²) < 4.78 is 35.2. The average Bonchev–Trinajstić information content (AvgIpc) is 2.27. The van der Waals surface area contributed by atoms with Crippen LogP contribution in [0, 0.1) is 0 Å². The van der Waals surface area contributed by atoms with Crippen molar-refractivity contribution in [2.45, 2.75) is 12.7 Å². The van der Waals surface area contributed by atoms with Gasteiger partial charge in [0.15, 0.2) is 6.61 Å². The van der Waals surface area contributed by atoms with E-state index < -0.39 is 18.7 Å². The number of nitrogens with one attached hydrogen (secondary N) is 1. The summed E-state index contributed by atoms with van der Waals surface area (Å²) in [5.74, 6) is -0.786. The van der Waals surface area contributed by atoms with E-state index in [1.54, 1.807) is 5.48 Å². The molecule has 1 rings (SSSR count). The Balaban J connectivity index is 2.52. The van der Waals surface area contributed by atoms with Crippen LogP contribution in [-0.4, -0.2) is 23.7 Å². The molecular formula is C9H10F3N3O2. The van der Waals surface area contributed by atoms with Crippen molar-refractivity contribution in [3.8, 4) is 0 Å². The summed E-state index contributed by atoms with van der Waals surface area (Å²) in [6, 6.07) is 2.71. The molecule has 0 aliphatic heterocycles. The van der Waals surface area contributed by atoms with Crippen LogP contribution in [0.15, 0.2) is 18.3 Å². The number of hydroxylamine groups is 1. The van der Waals surface area contributed by atoms with E-state index in [0.717, 1.165) is 0 Å². The largest absolute Gasteiger partial charge is 0.414 e. The van der Waals surface area contributed by atoms with Crippen LogP contribution in [0.25, 0.3) is 0 Å². The van der Waals surface area contributed by atoms with Gasteiger partial charge >= 0.3 is 6.18 Å². The maximum Gasteiger partial charge on any atom is 0.414 e. The first-order chi connectivity index (χ1) is 7.92. The molecule has 3 N–H and O–H groups in total. The minimum Gasteiger partial charge on any atom is -0.325 e. The van der Waals surface area contributed by atoms with Crippen molar-refractivity contribution in [3.63, 3.8) is 0 Å². The molecule has 94 valence electrons. The number of hydrogen-bond acceptors (Lipinski definition) is 4. The van der Waals surface area contributed by atoms with Gasteiger partial charge in [-0.15, -0.1) is 0 Å². The van der Waals surface area contributed by atoms with E-state index >= 15 is 0 Å². The van der Waals surface area contributed by atoms with Crippen molar-refractivity contribution in [2.75, 3.05) is 6.61 Å². The molecule has 0 saturated heterocycles. The maximum atomic E-state index is 11.7. The molecule has 0 atom stereocenters. The first-order valence-electron chi connectivity index (χ1n) is 4.56. The first kappa shape index (κ1) is 13.4. The molecular weight excluding hydrogens is 239 g/mol. The van der Waals surface area contributed by atoms with Crippen molar-refractivity contribution in [2.24, 2.45) is 5.73 Å². The summed E-state index contributed by atoms with van der Waals surface area (Å²) in [6.07, 6.45) is -3.16. The van der Waals surface area contributed by atoms with Crippen LogP contribution < -0.4 is 11.2 Å². The summed E-state index contributed by atoms with van der Waals surface area (Å²) in [6.45, 7) is -1.42. The number of rotatable bonds is 4. The lowest BCUT2D eigenvalue weighted by molar-refractivity contribution is -0.184. The van der Waals surface area contributed by atoms with Crippen LogP contribution in [0.3, 0.4) is 0 Å². The molecule has 1 heterocycles. The third-order valence-corrected chi connectivity index (χ3v) is 1.69. The number of carbonyl (C=O) groups is 1. The Bertz CT molecular complexity index is 395. The zero-order valence-electron chi connectivity index (χ0n) is 8.62. The zero-order chi connectivity index (χ0) is 12.9. The molecule has 1 aromatic rings. The van der Waals surface area contributed by atoms with Gasteiger partial charge in [0.1, 0.15) is 0 Å². The Hall–Kier alpha value is -1.67. The third-order valence-electron chi connectivity index (χ3n) is 1.69. The minimum atomic E-state index is -4.49. The summed E-state index contributed by atoms with van der Waals surface area (Å²) >= 11 is 0. The van der Waals surface area contributed by atoms with Gasteiger partial charge in [-0.25, -0.2) is 5.48 Å². The molecule has 1 amide bonds. The minimum absolute atomic E-state index is 0.127. The summed E-state index contributed by atoms with van der Waals surface area (Å²) in [5, 5.41) is 0. The number of aromatic nitrogens is 1. The SMILES string of the molecule is NCc1cc(C(=O)NOCC(F)(F)F)ccn1. The zero-order valence-corrected chi connectivity index (χ0v) is 8.62. The number of nitrogens with zero attached hydrogens (tertiary/aromatic N) is 1. The molecule has 0 radical (unpaired) electrons. The van der Waals surface area contributed by atoms with E-state index in [0.29, 0.717) is 5.69 Å². The Morgan fingerprint density at radius 1 is 1.53 bits per heavy atom. The lowest BCUT2D eigenvalue weighted by atomic mass is 10.2. The number of alkyl halides is 3. The predicted octanol–water partition coefficient (Wildman–Crippen LogP) is 0.764. The third kappa shape index (κ3) is 4.79. The highest BCUT2D eigenvalue weighted by atomic mass is 19.4. The van der Waals surface area contributed by atoms with Crippen LogP contribution >= 0.6 is 0 Å². The highest BCUT2D eigenvalue weighted by Crippen LogP contribution is 2.13. The summed E-state index contributed by atoms with van der Waals surface area (Å²) in [5.41, 5.74) is 7.56. The highest BCUT2D eigenvalue weighted by Gasteiger charge is 2.28. The van der Waals surface area contributed by atoms with Gasteiger partial charge in [-0.1, -0.05) is 0 Å². The van der Waals surface area contributed by atoms with E-state index in [4.69, 9.17) is 5.73 Å². The molecule has 1 aromatic heterocycles. The molecule has 0 unspecified atom stereocenters. The molecule has 0 spiro atoms. The monoisotopic (exact) mass is 249 g/mol. The van der Waals surface area contributed by atoms with Crippen LogP contribution in [-0.2, 0) is 11.4 Å². The average molecular weight is 249 g/mol. The second kappa shape index (κ2) is 5.60. The number of pyridine rings is 1. The normalized spacial score (nSPS) is 11.3. The van der Waals surface area contributed by atoms with Gasteiger partial charge in [-0.2, -0.15) is 13.2 Å². The van der Waals surface area contributed by atoms with Gasteiger partial charge < -0.3 is 5.73 Å². The van der Waals surface area contributed by atoms with Crippen LogP contribution in [0.4, 0.5) is 13.2 Å². The van der Waals surface area contributed by atoms with E-state index in [1.807, 2.05) is 0 Å². The van der Waals surface area contributed by atoms with Crippen LogP contribution in [0.2, 0.25) is 0 Å². The van der Waals surface area contributed by atoms with E-state index in [2.05, 4.69) is 9.82 Å². The number of halogens is 3. The van der Waals surface area contributed by atoms with Crippen molar-refractivity contribution in [1.29, 1.82) is 0 Å². The number of amides is 1. The molecule has 0 bridgehead atoms. The fourth-order valence-corrected chi connectivity index (χ4v) is 0.973. The first-order valence-corrected chi connectivity index (χ1v) is 4.56. The molecule has 8 heteroatoms. The quantitative estimate of drug-likeness (QED) is 0.772. The van der Waals surface area contributed by atoms with Crippen LogP contribution in [0.1, 0.15) is 16.1 Å². The molecule has 17 heavy (non-hydrogen) atoms. The van der Waals surface area contributed by atoms with E-state index in [1.165, 1.54) is 18.3 Å². The molecule has 0 saturated carbocycles. The van der Waals surface area contributed by atoms with E-state index in [-0.39, 0.29) is 12.1 Å². The predicted molar refractivity (Wildman–Crippen MR) is 51.6 cm³/mol. The fraction of sp³-hybridized carbons (Fsp3) is 0.333. The number of nitrogens with two attached hydrogens (primary N) is 1. The maximum absolute atomic E-state index is 11.7.